The number of hydrogen-bond donors (Lipinski definition) is 2. The van der Waals surface area contributed by atoms with E-state index in [-0.39, 0.29) is 18.7 Å². The summed E-state index contributed by atoms with van der Waals surface area (Å²) in [5, 5.41) is 12.2. The Hall–Kier alpha value is -0.810. The monoisotopic (exact) mass is 325 g/mol. The molecule has 0 aromatic rings. The summed E-state index contributed by atoms with van der Waals surface area (Å²) < 4.78 is 0. The van der Waals surface area contributed by atoms with Crippen molar-refractivity contribution in [3.8, 4) is 0 Å². The Balaban J connectivity index is 1.65. The summed E-state index contributed by atoms with van der Waals surface area (Å²) in [5.74, 6) is 1.59. The molecule has 0 saturated carbocycles. The van der Waals surface area contributed by atoms with Crippen LogP contribution in [0.3, 0.4) is 0 Å². The van der Waals surface area contributed by atoms with Crippen molar-refractivity contribution in [2.75, 3.05) is 39.3 Å². The number of amides is 2. The number of hydrogen-bond acceptors (Lipinski definition) is 3. The predicted octanol–water partition coefficient (Wildman–Crippen LogP) is 2.30. The lowest BCUT2D eigenvalue weighted by Gasteiger charge is -2.36. The summed E-state index contributed by atoms with van der Waals surface area (Å²) in [5.41, 5.74) is 0. The zero-order chi connectivity index (χ0) is 16.7. The SMILES string of the molecule is CC1CC(C)CN(CCCNC(=O)N2CCCCC2CCO)C1. The zero-order valence-electron chi connectivity index (χ0n) is 15.0. The van der Waals surface area contributed by atoms with Crippen LogP contribution in [0.1, 0.15) is 52.4 Å². The smallest absolute Gasteiger partial charge is 0.317 e. The Bertz CT molecular complexity index is 352. The van der Waals surface area contributed by atoms with E-state index in [0.717, 1.165) is 50.7 Å². The molecule has 3 atom stereocenters. The summed E-state index contributed by atoms with van der Waals surface area (Å²) in [7, 11) is 0. The van der Waals surface area contributed by atoms with Gasteiger partial charge in [-0.15, -0.1) is 0 Å². The number of carbonyl (C=O) groups excluding carboxylic acids is 1. The molecule has 2 fully saturated rings. The molecule has 5 nitrogen and oxygen atoms in total. The molecular weight excluding hydrogens is 290 g/mol. The second-order valence-electron chi connectivity index (χ2n) is 7.65. The largest absolute Gasteiger partial charge is 0.396 e. The predicted molar refractivity (Wildman–Crippen MR) is 93.4 cm³/mol. The quantitative estimate of drug-likeness (QED) is 0.737. The highest BCUT2D eigenvalue weighted by molar-refractivity contribution is 5.74. The summed E-state index contributed by atoms with van der Waals surface area (Å²) in [4.78, 5) is 16.8. The second kappa shape index (κ2) is 9.48. The van der Waals surface area contributed by atoms with Crippen LogP contribution in [0.15, 0.2) is 0 Å². The first-order valence-corrected chi connectivity index (χ1v) is 9.47. The van der Waals surface area contributed by atoms with Crippen molar-refractivity contribution in [1.82, 2.24) is 15.1 Å². The van der Waals surface area contributed by atoms with Crippen molar-refractivity contribution in [3.63, 3.8) is 0 Å². The number of nitrogens with one attached hydrogen (secondary N) is 1. The van der Waals surface area contributed by atoms with E-state index in [1.54, 1.807) is 0 Å². The van der Waals surface area contributed by atoms with Gasteiger partial charge in [0.25, 0.3) is 0 Å². The number of urea groups is 1. The summed E-state index contributed by atoms with van der Waals surface area (Å²) in [6, 6.07) is 0.279. The lowest BCUT2D eigenvalue weighted by Crippen LogP contribution is -2.49. The Morgan fingerprint density at radius 1 is 1.22 bits per heavy atom. The Kier molecular flexibility index (Phi) is 7.63. The van der Waals surface area contributed by atoms with E-state index in [0.29, 0.717) is 6.42 Å². The second-order valence-corrected chi connectivity index (χ2v) is 7.65. The molecular formula is C18H35N3O2. The molecule has 2 aliphatic heterocycles. The fraction of sp³-hybridized carbons (Fsp3) is 0.944. The number of nitrogens with zero attached hydrogens (tertiary/aromatic N) is 2. The molecule has 0 bridgehead atoms. The molecule has 0 spiro atoms. The molecule has 0 radical (unpaired) electrons. The first-order chi connectivity index (χ1) is 11.1. The zero-order valence-corrected chi connectivity index (χ0v) is 15.0. The van der Waals surface area contributed by atoms with E-state index >= 15 is 0 Å². The van der Waals surface area contributed by atoms with Gasteiger partial charge in [-0.25, -0.2) is 4.79 Å². The summed E-state index contributed by atoms with van der Waals surface area (Å²) in [6.07, 6.45) is 6.34. The molecule has 23 heavy (non-hydrogen) atoms. The summed E-state index contributed by atoms with van der Waals surface area (Å²) >= 11 is 0. The minimum atomic E-state index is 0.0588. The number of rotatable bonds is 6. The van der Waals surface area contributed by atoms with E-state index in [1.807, 2.05) is 4.90 Å². The lowest BCUT2D eigenvalue weighted by atomic mass is 9.92. The third-order valence-electron chi connectivity index (χ3n) is 5.22. The van der Waals surface area contributed by atoms with Crippen molar-refractivity contribution in [1.29, 1.82) is 0 Å². The number of carbonyl (C=O) groups is 1. The van der Waals surface area contributed by atoms with Gasteiger partial charge in [-0.1, -0.05) is 13.8 Å². The third-order valence-corrected chi connectivity index (χ3v) is 5.22. The normalized spacial score (nSPS) is 29.5. The van der Waals surface area contributed by atoms with Crippen LogP contribution >= 0.6 is 0 Å². The van der Waals surface area contributed by atoms with Gasteiger partial charge in [0.2, 0.25) is 0 Å². The van der Waals surface area contributed by atoms with E-state index in [2.05, 4.69) is 24.1 Å². The van der Waals surface area contributed by atoms with Gasteiger partial charge in [-0.3, -0.25) is 0 Å². The topological polar surface area (TPSA) is 55.8 Å². The number of aliphatic hydroxyl groups excluding tert-OH is 1. The Morgan fingerprint density at radius 2 is 1.96 bits per heavy atom. The Morgan fingerprint density at radius 3 is 2.65 bits per heavy atom. The van der Waals surface area contributed by atoms with Crippen LogP contribution in [-0.2, 0) is 0 Å². The Labute approximate surface area is 141 Å². The van der Waals surface area contributed by atoms with Gasteiger partial charge in [0, 0.05) is 38.8 Å². The third kappa shape index (κ3) is 5.96. The van der Waals surface area contributed by atoms with Crippen LogP contribution in [-0.4, -0.2) is 66.3 Å². The van der Waals surface area contributed by atoms with Crippen LogP contribution in [0.5, 0.6) is 0 Å². The first kappa shape index (κ1) is 18.5. The van der Waals surface area contributed by atoms with E-state index < -0.39 is 0 Å². The molecule has 2 rings (SSSR count). The van der Waals surface area contributed by atoms with Crippen LogP contribution < -0.4 is 5.32 Å². The highest BCUT2D eigenvalue weighted by atomic mass is 16.3. The van der Waals surface area contributed by atoms with Crippen LogP contribution in [0.2, 0.25) is 0 Å². The lowest BCUT2D eigenvalue weighted by molar-refractivity contribution is 0.128. The molecule has 3 unspecified atom stereocenters. The van der Waals surface area contributed by atoms with Crippen molar-refractivity contribution < 1.29 is 9.90 Å². The van der Waals surface area contributed by atoms with Gasteiger partial charge in [0.05, 0.1) is 0 Å². The number of aliphatic hydroxyl groups is 1. The van der Waals surface area contributed by atoms with Crippen LogP contribution in [0.4, 0.5) is 4.79 Å². The van der Waals surface area contributed by atoms with Gasteiger partial charge < -0.3 is 20.2 Å². The number of likely N-dealkylation sites (tertiary alicyclic amines) is 2. The molecule has 0 aliphatic carbocycles. The van der Waals surface area contributed by atoms with Crippen molar-refractivity contribution in [2.24, 2.45) is 11.8 Å². The maximum absolute atomic E-state index is 12.4. The van der Waals surface area contributed by atoms with E-state index in [4.69, 9.17) is 5.11 Å². The molecule has 0 aromatic carbocycles. The molecule has 2 heterocycles. The van der Waals surface area contributed by atoms with E-state index in [1.165, 1.54) is 25.9 Å². The maximum Gasteiger partial charge on any atom is 0.317 e. The highest BCUT2D eigenvalue weighted by Gasteiger charge is 2.26. The fourth-order valence-electron chi connectivity index (χ4n) is 4.29. The van der Waals surface area contributed by atoms with Crippen molar-refractivity contribution in [2.45, 2.75) is 58.4 Å². The fourth-order valence-corrected chi connectivity index (χ4v) is 4.29. The highest BCUT2D eigenvalue weighted by Crippen LogP contribution is 2.21. The molecule has 5 heteroatoms. The van der Waals surface area contributed by atoms with Gasteiger partial charge in [0.1, 0.15) is 0 Å². The molecule has 2 saturated heterocycles. The molecule has 2 N–H and O–H groups in total. The van der Waals surface area contributed by atoms with Crippen LogP contribution in [0.25, 0.3) is 0 Å². The minimum absolute atomic E-state index is 0.0588. The first-order valence-electron chi connectivity index (χ1n) is 9.47. The average Bonchev–Trinajstić information content (AvgIpc) is 2.51. The molecule has 2 aliphatic rings. The minimum Gasteiger partial charge on any atom is -0.396 e. The van der Waals surface area contributed by atoms with Crippen molar-refractivity contribution in [3.05, 3.63) is 0 Å². The van der Waals surface area contributed by atoms with E-state index in [9.17, 15) is 4.79 Å². The van der Waals surface area contributed by atoms with Gasteiger partial charge >= 0.3 is 6.03 Å². The average molecular weight is 325 g/mol. The molecule has 134 valence electrons. The molecule has 2 amide bonds. The number of piperidine rings is 2. The maximum atomic E-state index is 12.4. The van der Waals surface area contributed by atoms with Gasteiger partial charge in [-0.2, -0.15) is 0 Å². The van der Waals surface area contributed by atoms with Gasteiger partial charge in [0.15, 0.2) is 0 Å². The van der Waals surface area contributed by atoms with Crippen LogP contribution in [0, 0.1) is 11.8 Å². The van der Waals surface area contributed by atoms with Crippen molar-refractivity contribution >= 4 is 6.03 Å². The summed E-state index contributed by atoms with van der Waals surface area (Å²) in [6.45, 7) is 9.89. The molecule has 0 aromatic heterocycles. The van der Waals surface area contributed by atoms with Gasteiger partial charge in [-0.05, 0) is 56.9 Å². The standard InChI is InChI=1S/C18H35N3O2/c1-15-12-16(2)14-20(13-15)9-5-8-19-18(23)21-10-4-3-6-17(21)7-11-22/h15-17,22H,3-14H2,1-2H3,(H,19,23).